The van der Waals surface area contributed by atoms with Gasteiger partial charge in [0.25, 0.3) is 5.91 Å². The first kappa shape index (κ1) is 16.1. The van der Waals surface area contributed by atoms with Gasteiger partial charge in [-0.05, 0) is 12.1 Å². The van der Waals surface area contributed by atoms with Gasteiger partial charge in [-0.1, -0.05) is 48.7 Å². The Labute approximate surface area is 136 Å². The zero-order valence-electron chi connectivity index (χ0n) is 11.3. The quantitative estimate of drug-likeness (QED) is 0.889. The van der Waals surface area contributed by atoms with Crippen LogP contribution in [-0.4, -0.2) is 17.6 Å². The van der Waals surface area contributed by atoms with Gasteiger partial charge in [-0.3, -0.25) is 9.59 Å². The van der Waals surface area contributed by atoms with Gasteiger partial charge in [0.15, 0.2) is 0 Å². The molecule has 0 saturated heterocycles. The standard InChI is InChI=1S/C13H12Cl3N3O2/c1-6(2)13(21)17-10-5-11(20)19(18-10)12-8(15)3-7(14)4-9(12)16/h3-4,6H,5H2,1-2H3,(H,17,18,21). The average molecular weight is 349 g/mol. The van der Waals surface area contributed by atoms with Crippen LogP contribution in [0.5, 0.6) is 0 Å². The fraction of sp³-hybridized carbons (Fsp3) is 0.308. The predicted octanol–water partition coefficient (Wildman–Crippen LogP) is 3.47. The molecule has 0 aromatic heterocycles. The lowest BCUT2D eigenvalue weighted by Gasteiger charge is -2.15. The molecule has 1 aliphatic rings. The summed E-state index contributed by atoms with van der Waals surface area (Å²) < 4.78 is 0. The van der Waals surface area contributed by atoms with Crippen molar-refractivity contribution in [2.75, 3.05) is 5.01 Å². The Hall–Kier alpha value is -1.30. The first-order valence-electron chi connectivity index (χ1n) is 6.15. The molecule has 21 heavy (non-hydrogen) atoms. The van der Waals surface area contributed by atoms with Gasteiger partial charge in [-0.15, -0.1) is 0 Å². The highest BCUT2D eigenvalue weighted by molar-refractivity contribution is 6.42. The van der Waals surface area contributed by atoms with Crippen molar-refractivity contribution < 1.29 is 9.59 Å². The minimum atomic E-state index is -0.333. The SMILES string of the molecule is CC(C)C(=O)NC1=NN(c2c(Cl)cc(Cl)cc2Cl)C(=O)C1. The Balaban J connectivity index is 2.31. The van der Waals surface area contributed by atoms with Crippen LogP contribution in [0.3, 0.4) is 0 Å². The van der Waals surface area contributed by atoms with Gasteiger partial charge in [0.1, 0.15) is 11.5 Å². The van der Waals surface area contributed by atoms with E-state index in [1.807, 2.05) is 0 Å². The van der Waals surface area contributed by atoms with Crippen molar-refractivity contribution in [3.8, 4) is 0 Å². The Morgan fingerprint density at radius 2 is 1.86 bits per heavy atom. The van der Waals surface area contributed by atoms with Gasteiger partial charge in [0.2, 0.25) is 5.91 Å². The van der Waals surface area contributed by atoms with E-state index in [9.17, 15) is 9.59 Å². The molecule has 0 atom stereocenters. The van der Waals surface area contributed by atoms with Crippen LogP contribution in [-0.2, 0) is 9.59 Å². The fourth-order valence-corrected chi connectivity index (χ4v) is 2.67. The van der Waals surface area contributed by atoms with Crippen LogP contribution in [0.2, 0.25) is 15.1 Å². The van der Waals surface area contributed by atoms with Crippen LogP contribution < -0.4 is 10.3 Å². The maximum absolute atomic E-state index is 12.0. The van der Waals surface area contributed by atoms with Crippen LogP contribution in [0.4, 0.5) is 5.69 Å². The van der Waals surface area contributed by atoms with E-state index in [2.05, 4.69) is 10.4 Å². The summed E-state index contributed by atoms with van der Waals surface area (Å²) in [6, 6.07) is 2.94. The summed E-state index contributed by atoms with van der Waals surface area (Å²) in [5.74, 6) is -0.489. The van der Waals surface area contributed by atoms with Gasteiger partial charge < -0.3 is 5.32 Å². The van der Waals surface area contributed by atoms with Crippen LogP contribution >= 0.6 is 34.8 Å². The topological polar surface area (TPSA) is 61.8 Å². The zero-order valence-corrected chi connectivity index (χ0v) is 13.6. The van der Waals surface area contributed by atoms with Crippen LogP contribution in [0.15, 0.2) is 17.2 Å². The molecule has 1 aliphatic heterocycles. The maximum atomic E-state index is 12.0. The second kappa shape index (κ2) is 6.22. The molecule has 0 unspecified atom stereocenters. The first-order chi connectivity index (χ1) is 9.79. The summed E-state index contributed by atoms with van der Waals surface area (Å²) in [5, 5.41) is 8.52. The number of hydrazone groups is 1. The fourth-order valence-electron chi connectivity index (χ4n) is 1.70. The third-order valence-corrected chi connectivity index (χ3v) is 3.56. The molecule has 0 spiro atoms. The van der Waals surface area contributed by atoms with E-state index >= 15 is 0 Å². The number of halogens is 3. The summed E-state index contributed by atoms with van der Waals surface area (Å²) in [4.78, 5) is 23.7. The molecule has 1 aromatic rings. The van der Waals surface area contributed by atoms with Crippen molar-refractivity contribution in [1.29, 1.82) is 0 Å². The Morgan fingerprint density at radius 1 is 1.29 bits per heavy atom. The lowest BCUT2D eigenvalue weighted by atomic mass is 10.2. The molecule has 2 rings (SSSR count). The van der Waals surface area contributed by atoms with Gasteiger partial charge in [0.05, 0.1) is 16.5 Å². The third kappa shape index (κ3) is 3.48. The number of nitrogens with one attached hydrogen (secondary N) is 1. The summed E-state index contributed by atoms with van der Waals surface area (Å²) in [6.45, 7) is 3.49. The number of hydrogen-bond acceptors (Lipinski definition) is 3. The molecule has 0 aliphatic carbocycles. The largest absolute Gasteiger partial charge is 0.312 e. The van der Waals surface area contributed by atoms with Gasteiger partial charge >= 0.3 is 0 Å². The summed E-state index contributed by atoms with van der Waals surface area (Å²) in [6.07, 6.45) is -0.0201. The van der Waals surface area contributed by atoms with Gasteiger partial charge in [-0.25, -0.2) is 0 Å². The number of rotatable bonds is 2. The maximum Gasteiger partial charge on any atom is 0.255 e. The van der Waals surface area contributed by atoms with E-state index in [0.29, 0.717) is 5.02 Å². The molecular weight excluding hydrogens is 337 g/mol. The molecule has 1 aromatic carbocycles. The highest BCUT2D eigenvalue weighted by Crippen LogP contribution is 2.38. The third-order valence-electron chi connectivity index (χ3n) is 2.76. The number of hydrogen-bond donors (Lipinski definition) is 1. The molecule has 0 radical (unpaired) electrons. The molecule has 112 valence electrons. The number of nitrogens with zero attached hydrogens (tertiary/aromatic N) is 2. The molecule has 1 N–H and O–H groups in total. The van der Waals surface area contributed by atoms with Crippen molar-refractivity contribution in [3.63, 3.8) is 0 Å². The van der Waals surface area contributed by atoms with Crippen molar-refractivity contribution >= 4 is 58.1 Å². The van der Waals surface area contributed by atoms with Crippen molar-refractivity contribution in [2.45, 2.75) is 20.3 Å². The summed E-state index contributed by atoms with van der Waals surface area (Å²) >= 11 is 18.0. The number of anilines is 1. The van der Waals surface area contributed by atoms with Crippen molar-refractivity contribution in [2.24, 2.45) is 11.0 Å². The molecule has 5 nitrogen and oxygen atoms in total. The number of amides is 2. The highest BCUT2D eigenvalue weighted by Gasteiger charge is 2.30. The predicted molar refractivity (Wildman–Crippen MR) is 84.0 cm³/mol. The molecule has 0 fully saturated rings. The van der Waals surface area contributed by atoms with E-state index in [4.69, 9.17) is 34.8 Å². The number of amidine groups is 1. The van der Waals surface area contributed by atoms with Crippen molar-refractivity contribution in [1.82, 2.24) is 5.32 Å². The second-order valence-electron chi connectivity index (χ2n) is 4.79. The van der Waals surface area contributed by atoms with E-state index < -0.39 is 0 Å². The van der Waals surface area contributed by atoms with Crippen LogP contribution in [0.25, 0.3) is 0 Å². The van der Waals surface area contributed by atoms with Crippen molar-refractivity contribution in [3.05, 3.63) is 27.2 Å². The Kier molecular flexibility index (Phi) is 4.76. The number of carbonyl (C=O) groups is 2. The minimum Gasteiger partial charge on any atom is -0.312 e. The van der Waals surface area contributed by atoms with Gasteiger partial charge in [0, 0.05) is 10.9 Å². The number of benzene rings is 1. The average Bonchev–Trinajstić information content (AvgIpc) is 2.68. The summed E-state index contributed by atoms with van der Waals surface area (Å²) in [7, 11) is 0. The zero-order chi connectivity index (χ0) is 15.7. The number of carbonyl (C=O) groups excluding carboxylic acids is 2. The first-order valence-corrected chi connectivity index (χ1v) is 7.29. The van der Waals surface area contributed by atoms with E-state index in [-0.39, 0.29) is 45.7 Å². The van der Waals surface area contributed by atoms with Gasteiger partial charge in [-0.2, -0.15) is 10.1 Å². The lowest BCUT2D eigenvalue weighted by Crippen LogP contribution is -2.33. The molecular formula is C13H12Cl3N3O2. The molecule has 0 bridgehead atoms. The van der Waals surface area contributed by atoms with E-state index in [0.717, 1.165) is 5.01 Å². The smallest absolute Gasteiger partial charge is 0.255 e. The lowest BCUT2D eigenvalue weighted by molar-refractivity contribution is -0.122. The normalized spacial score (nSPS) is 14.7. The highest BCUT2D eigenvalue weighted by atomic mass is 35.5. The van der Waals surface area contributed by atoms with E-state index in [1.165, 1.54) is 12.1 Å². The van der Waals surface area contributed by atoms with E-state index in [1.54, 1.807) is 13.8 Å². The Bertz CT molecular complexity index is 621. The van der Waals surface area contributed by atoms with Crippen LogP contribution in [0, 0.1) is 5.92 Å². The van der Waals surface area contributed by atoms with Crippen LogP contribution in [0.1, 0.15) is 20.3 Å². The molecule has 8 heteroatoms. The minimum absolute atomic E-state index is 0.0201. The summed E-state index contributed by atoms with van der Waals surface area (Å²) in [5.41, 5.74) is 0.251. The second-order valence-corrected chi connectivity index (χ2v) is 6.04. The molecule has 1 heterocycles. The Morgan fingerprint density at radius 3 is 2.38 bits per heavy atom. The molecule has 2 amide bonds. The molecule has 0 saturated carbocycles. The monoisotopic (exact) mass is 347 g/mol.